The molecule has 3 nitrogen and oxygen atoms in total. The molecule has 86 valence electrons. The molecule has 0 aromatic carbocycles. The first-order valence-electron chi connectivity index (χ1n) is 5.82. The van der Waals surface area contributed by atoms with E-state index >= 15 is 0 Å². The first-order chi connectivity index (χ1) is 7.27. The number of hydrogen-bond donors (Lipinski definition) is 0. The Labute approximate surface area is 100 Å². The molecule has 0 radical (unpaired) electrons. The van der Waals surface area contributed by atoms with Crippen LogP contribution >= 0.6 is 15.9 Å². The predicted octanol–water partition coefficient (Wildman–Crippen LogP) is 3.70. The van der Waals surface area contributed by atoms with Gasteiger partial charge >= 0.3 is 0 Å². The third-order valence-electron chi connectivity index (χ3n) is 2.48. The summed E-state index contributed by atoms with van der Waals surface area (Å²) in [5.74, 6) is 0. The lowest BCUT2D eigenvalue weighted by Gasteiger charge is -2.00. The number of halogens is 1. The van der Waals surface area contributed by atoms with Crippen LogP contribution in [0.2, 0.25) is 0 Å². The lowest BCUT2D eigenvalue weighted by atomic mass is 10.2. The van der Waals surface area contributed by atoms with E-state index in [0.29, 0.717) is 4.83 Å². The second-order valence-corrected chi connectivity index (χ2v) is 4.95. The topological polar surface area (TPSA) is 30.7 Å². The first-order valence-corrected chi connectivity index (χ1v) is 6.73. The summed E-state index contributed by atoms with van der Waals surface area (Å²) in [5, 5.41) is 8.27. The highest BCUT2D eigenvalue weighted by atomic mass is 79.9. The molecule has 1 aromatic rings. The molecule has 1 atom stereocenters. The molecule has 0 aliphatic heterocycles. The fraction of sp³-hybridized carbons (Fsp3) is 0.818. The molecule has 1 heterocycles. The summed E-state index contributed by atoms with van der Waals surface area (Å²) in [6.07, 6.45) is 8.19. The second kappa shape index (κ2) is 6.99. The molecule has 0 saturated carbocycles. The van der Waals surface area contributed by atoms with Crippen LogP contribution in [-0.4, -0.2) is 15.0 Å². The van der Waals surface area contributed by atoms with Gasteiger partial charge in [0.2, 0.25) is 0 Å². The van der Waals surface area contributed by atoms with Crippen LogP contribution < -0.4 is 0 Å². The van der Waals surface area contributed by atoms with E-state index in [2.05, 4.69) is 46.3 Å². The second-order valence-electron chi connectivity index (χ2n) is 3.84. The Morgan fingerprint density at radius 2 is 2.13 bits per heavy atom. The van der Waals surface area contributed by atoms with Gasteiger partial charge in [0, 0.05) is 12.7 Å². The van der Waals surface area contributed by atoms with E-state index in [9.17, 15) is 0 Å². The van der Waals surface area contributed by atoms with Crippen LogP contribution in [0.5, 0.6) is 0 Å². The molecule has 1 unspecified atom stereocenters. The molecule has 0 fully saturated rings. The van der Waals surface area contributed by atoms with Gasteiger partial charge in [0.25, 0.3) is 0 Å². The van der Waals surface area contributed by atoms with Crippen molar-refractivity contribution in [3.8, 4) is 0 Å². The highest BCUT2D eigenvalue weighted by Gasteiger charge is 2.08. The Balaban J connectivity index is 2.33. The molecule has 0 bridgehead atoms. The normalized spacial score (nSPS) is 13.0. The van der Waals surface area contributed by atoms with Gasteiger partial charge in [-0.3, -0.25) is 4.68 Å². The monoisotopic (exact) mass is 273 g/mol. The molecule has 1 rings (SSSR count). The van der Waals surface area contributed by atoms with Gasteiger partial charge in [-0.05, 0) is 12.8 Å². The minimum Gasteiger partial charge on any atom is -0.252 e. The Bertz CT molecular complexity index is 273. The maximum atomic E-state index is 4.15. The van der Waals surface area contributed by atoms with Crippen molar-refractivity contribution in [2.24, 2.45) is 0 Å². The largest absolute Gasteiger partial charge is 0.252 e. The van der Waals surface area contributed by atoms with Crippen molar-refractivity contribution in [2.75, 3.05) is 0 Å². The zero-order valence-electron chi connectivity index (χ0n) is 9.62. The van der Waals surface area contributed by atoms with Crippen LogP contribution in [0.3, 0.4) is 0 Å². The number of rotatable bonds is 7. The number of alkyl halides is 1. The standard InChI is InChI=1S/C11H20BrN3/c1-3-5-6-7-8-15-9-11(13-14-15)10(12)4-2/h9-10H,3-8H2,1-2H3. The van der Waals surface area contributed by atoms with Gasteiger partial charge in [-0.15, -0.1) is 5.10 Å². The number of hydrogen-bond acceptors (Lipinski definition) is 2. The van der Waals surface area contributed by atoms with Gasteiger partial charge in [0.15, 0.2) is 0 Å². The summed E-state index contributed by atoms with van der Waals surface area (Å²) in [7, 11) is 0. The van der Waals surface area contributed by atoms with E-state index in [1.54, 1.807) is 0 Å². The van der Waals surface area contributed by atoms with Crippen molar-refractivity contribution in [2.45, 2.75) is 57.3 Å². The fourth-order valence-corrected chi connectivity index (χ4v) is 1.69. The van der Waals surface area contributed by atoms with E-state index in [1.807, 2.05) is 4.68 Å². The van der Waals surface area contributed by atoms with E-state index in [0.717, 1.165) is 18.7 Å². The summed E-state index contributed by atoms with van der Waals surface area (Å²) in [6, 6.07) is 0. The maximum absolute atomic E-state index is 4.15. The van der Waals surface area contributed by atoms with Gasteiger partial charge in [-0.25, -0.2) is 0 Å². The Morgan fingerprint density at radius 3 is 2.80 bits per heavy atom. The van der Waals surface area contributed by atoms with Crippen molar-refractivity contribution in [3.05, 3.63) is 11.9 Å². The zero-order chi connectivity index (χ0) is 11.1. The third kappa shape index (κ3) is 4.33. The maximum Gasteiger partial charge on any atom is 0.0963 e. The Hall–Kier alpha value is -0.380. The zero-order valence-corrected chi connectivity index (χ0v) is 11.2. The summed E-state index contributed by atoms with van der Waals surface area (Å²) >= 11 is 3.58. The van der Waals surface area contributed by atoms with Gasteiger partial charge in [0.1, 0.15) is 0 Å². The average molecular weight is 274 g/mol. The van der Waals surface area contributed by atoms with E-state index in [4.69, 9.17) is 0 Å². The highest BCUT2D eigenvalue weighted by Crippen LogP contribution is 2.23. The van der Waals surface area contributed by atoms with Crippen LogP contribution in [0.4, 0.5) is 0 Å². The SMILES string of the molecule is CCCCCCn1cc(C(Br)CC)nn1. The van der Waals surface area contributed by atoms with E-state index in [1.165, 1.54) is 25.7 Å². The predicted molar refractivity (Wildman–Crippen MR) is 66.1 cm³/mol. The van der Waals surface area contributed by atoms with Crippen molar-refractivity contribution in [3.63, 3.8) is 0 Å². The van der Waals surface area contributed by atoms with Crippen LogP contribution in [0.25, 0.3) is 0 Å². The van der Waals surface area contributed by atoms with Crippen LogP contribution in [0.1, 0.15) is 56.5 Å². The summed E-state index contributed by atoms with van der Waals surface area (Å²) in [6.45, 7) is 5.36. The Morgan fingerprint density at radius 1 is 1.33 bits per heavy atom. The van der Waals surface area contributed by atoms with Gasteiger partial charge in [-0.1, -0.05) is 54.3 Å². The molecule has 0 spiro atoms. The van der Waals surface area contributed by atoms with Gasteiger partial charge in [-0.2, -0.15) is 0 Å². The number of unbranched alkanes of at least 4 members (excludes halogenated alkanes) is 3. The van der Waals surface area contributed by atoms with Crippen molar-refractivity contribution >= 4 is 15.9 Å². The molecule has 4 heteroatoms. The minimum atomic E-state index is 0.349. The summed E-state index contributed by atoms with van der Waals surface area (Å²) < 4.78 is 1.95. The first kappa shape index (κ1) is 12.7. The Kier molecular flexibility index (Phi) is 5.91. The van der Waals surface area contributed by atoms with E-state index in [-0.39, 0.29) is 0 Å². The summed E-state index contributed by atoms with van der Waals surface area (Å²) in [4.78, 5) is 0.349. The van der Waals surface area contributed by atoms with Crippen LogP contribution in [-0.2, 0) is 6.54 Å². The van der Waals surface area contributed by atoms with Crippen molar-refractivity contribution in [1.29, 1.82) is 0 Å². The smallest absolute Gasteiger partial charge is 0.0963 e. The molecule has 15 heavy (non-hydrogen) atoms. The lowest BCUT2D eigenvalue weighted by Crippen LogP contribution is -1.98. The molecule has 0 N–H and O–H groups in total. The molecule has 1 aromatic heterocycles. The molecule has 0 aliphatic carbocycles. The molecule has 0 aliphatic rings. The fourth-order valence-electron chi connectivity index (χ4n) is 1.48. The summed E-state index contributed by atoms with van der Waals surface area (Å²) in [5.41, 5.74) is 1.05. The molecular formula is C11H20BrN3. The number of nitrogens with zero attached hydrogens (tertiary/aromatic N) is 3. The lowest BCUT2D eigenvalue weighted by molar-refractivity contribution is 0.527. The van der Waals surface area contributed by atoms with Crippen LogP contribution in [0.15, 0.2) is 6.20 Å². The van der Waals surface area contributed by atoms with Crippen LogP contribution in [0, 0.1) is 0 Å². The number of aryl methyl sites for hydroxylation is 1. The van der Waals surface area contributed by atoms with Crippen molar-refractivity contribution < 1.29 is 0 Å². The molecule has 0 amide bonds. The highest BCUT2D eigenvalue weighted by molar-refractivity contribution is 9.09. The van der Waals surface area contributed by atoms with E-state index < -0.39 is 0 Å². The molecule has 0 saturated heterocycles. The van der Waals surface area contributed by atoms with Crippen molar-refractivity contribution in [1.82, 2.24) is 15.0 Å². The third-order valence-corrected chi connectivity index (χ3v) is 3.59. The quantitative estimate of drug-likeness (QED) is 0.560. The number of aromatic nitrogens is 3. The van der Waals surface area contributed by atoms with Gasteiger partial charge in [0.05, 0.1) is 10.5 Å². The average Bonchev–Trinajstić information content (AvgIpc) is 2.72. The van der Waals surface area contributed by atoms with Gasteiger partial charge < -0.3 is 0 Å². The molecular weight excluding hydrogens is 254 g/mol. The minimum absolute atomic E-state index is 0.349.